The van der Waals surface area contributed by atoms with Crippen molar-refractivity contribution in [1.29, 1.82) is 0 Å². The minimum Gasteiger partial charge on any atom is -0.444 e. The van der Waals surface area contributed by atoms with Gasteiger partial charge < -0.3 is 10.1 Å². The molecule has 1 unspecified atom stereocenters. The lowest BCUT2D eigenvalue weighted by Crippen LogP contribution is -2.50. The zero-order chi connectivity index (χ0) is 21.5. The van der Waals surface area contributed by atoms with E-state index in [0.717, 1.165) is 28.8 Å². The number of piperazine rings is 1. The quantitative estimate of drug-likeness (QED) is 0.713. The van der Waals surface area contributed by atoms with Gasteiger partial charge in [0.05, 0.1) is 24.0 Å². The molecule has 1 aliphatic rings. The van der Waals surface area contributed by atoms with Gasteiger partial charge in [0.2, 0.25) is 0 Å². The molecule has 4 rings (SSSR count). The van der Waals surface area contributed by atoms with Crippen molar-refractivity contribution in [3.8, 4) is 11.1 Å². The molecule has 0 bridgehead atoms. The van der Waals surface area contributed by atoms with Crippen LogP contribution in [0.2, 0.25) is 0 Å². The van der Waals surface area contributed by atoms with Gasteiger partial charge in [-0.15, -0.1) is 0 Å². The van der Waals surface area contributed by atoms with E-state index in [1.807, 2.05) is 54.8 Å². The third-order valence-electron chi connectivity index (χ3n) is 5.24. The van der Waals surface area contributed by atoms with Crippen LogP contribution in [0.5, 0.6) is 0 Å². The predicted molar refractivity (Wildman–Crippen MR) is 115 cm³/mol. The fraction of sp³-hybridized carbons (Fsp3) is 0.500. The second-order valence-corrected chi connectivity index (χ2v) is 9.04. The van der Waals surface area contributed by atoms with Crippen LogP contribution in [-0.4, -0.2) is 55.6 Å². The summed E-state index contributed by atoms with van der Waals surface area (Å²) in [7, 11) is 0. The van der Waals surface area contributed by atoms with Crippen LogP contribution in [0.25, 0.3) is 16.6 Å². The molecule has 4 heterocycles. The lowest BCUT2D eigenvalue weighted by molar-refractivity contribution is 0.0119. The molecule has 3 aromatic rings. The molecule has 30 heavy (non-hydrogen) atoms. The van der Waals surface area contributed by atoms with Gasteiger partial charge in [0, 0.05) is 54.8 Å². The number of amides is 1. The van der Waals surface area contributed by atoms with Crippen LogP contribution in [0, 0.1) is 0 Å². The Morgan fingerprint density at radius 2 is 1.97 bits per heavy atom. The third kappa shape index (κ3) is 4.05. The first-order valence-corrected chi connectivity index (χ1v) is 10.4. The van der Waals surface area contributed by atoms with E-state index in [2.05, 4.69) is 41.5 Å². The molecular formula is C22H30N6O2. The van der Waals surface area contributed by atoms with Crippen LogP contribution < -0.4 is 5.32 Å². The first-order chi connectivity index (χ1) is 14.2. The average Bonchev–Trinajstić information content (AvgIpc) is 3.33. The van der Waals surface area contributed by atoms with E-state index in [1.165, 1.54) is 0 Å². The molecular weight excluding hydrogens is 380 g/mol. The molecule has 0 radical (unpaired) electrons. The van der Waals surface area contributed by atoms with Crippen molar-refractivity contribution in [1.82, 2.24) is 29.6 Å². The first-order valence-electron chi connectivity index (χ1n) is 10.4. The summed E-state index contributed by atoms with van der Waals surface area (Å²) in [5.74, 6) is 0. The Kier molecular flexibility index (Phi) is 5.27. The molecule has 1 amide bonds. The fourth-order valence-corrected chi connectivity index (χ4v) is 3.72. The van der Waals surface area contributed by atoms with Crippen molar-refractivity contribution in [2.75, 3.05) is 19.6 Å². The zero-order valence-corrected chi connectivity index (χ0v) is 18.3. The van der Waals surface area contributed by atoms with E-state index in [9.17, 15) is 4.79 Å². The van der Waals surface area contributed by atoms with Gasteiger partial charge in [-0.2, -0.15) is 10.2 Å². The Hall–Kier alpha value is -2.87. The molecule has 1 atom stereocenters. The highest BCUT2D eigenvalue weighted by atomic mass is 16.6. The summed E-state index contributed by atoms with van der Waals surface area (Å²) in [6.07, 6.45) is 7.50. The van der Waals surface area contributed by atoms with Crippen LogP contribution in [0.4, 0.5) is 4.79 Å². The van der Waals surface area contributed by atoms with Crippen molar-refractivity contribution in [3.05, 3.63) is 42.5 Å². The number of rotatable bonds is 3. The highest BCUT2D eigenvalue weighted by Gasteiger charge is 2.33. The lowest BCUT2D eigenvalue weighted by atomic mass is 10.0. The summed E-state index contributed by atoms with van der Waals surface area (Å²) in [4.78, 5) is 14.6. The maximum atomic E-state index is 12.8. The maximum absolute atomic E-state index is 12.8. The number of ether oxygens (including phenoxy) is 1. The van der Waals surface area contributed by atoms with Crippen LogP contribution in [0.15, 0.2) is 36.9 Å². The molecule has 0 spiro atoms. The number of aromatic nitrogens is 4. The van der Waals surface area contributed by atoms with Gasteiger partial charge in [-0.05, 0) is 40.7 Å². The predicted octanol–water partition coefficient (Wildman–Crippen LogP) is 3.66. The first kappa shape index (κ1) is 20.4. The summed E-state index contributed by atoms with van der Waals surface area (Å²) in [5, 5.41) is 12.4. The molecule has 1 aliphatic heterocycles. The largest absolute Gasteiger partial charge is 0.444 e. The molecule has 8 heteroatoms. The number of carbonyl (C=O) groups is 1. The number of fused-ring (bicyclic) bond motifs is 1. The van der Waals surface area contributed by atoms with Gasteiger partial charge >= 0.3 is 6.09 Å². The Labute approximate surface area is 176 Å². The van der Waals surface area contributed by atoms with Gasteiger partial charge in [-0.3, -0.25) is 9.58 Å². The molecule has 8 nitrogen and oxygen atoms in total. The Morgan fingerprint density at radius 3 is 2.67 bits per heavy atom. The molecule has 1 N–H and O–H groups in total. The maximum Gasteiger partial charge on any atom is 0.410 e. The molecule has 1 saturated heterocycles. The van der Waals surface area contributed by atoms with Gasteiger partial charge in [0.25, 0.3) is 0 Å². The normalized spacial score (nSPS) is 17.7. The second-order valence-electron chi connectivity index (χ2n) is 9.04. The Morgan fingerprint density at radius 1 is 1.17 bits per heavy atom. The van der Waals surface area contributed by atoms with Crippen LogP contribution in [0.1, 0.15) is 52.3 Å². The van der Waals surface area contributed by atoms with E-state index in [0.29, 0.717) is 19.1 Å². The minimum atomic E-state index is -0.525. The Bertz CT molecular complexity index is 1050. The minimum absolute atomic E-state index is 0.124. The summed E-state index contributed by atoms with van der Waals surface area (Å²) in [5.41, 5.74) is 3.57. The summed E-state index contributed by atoms with van der Waals surface area (Å²) >= 11 is 0. The molecule has 0 saturated carbocycles. The van der Waals surface area contributed by atoms with E-state index in [1.54, 1.807) is 4.90 Å². The lowest BCUT2D eigenvalue weighted by Gasteiger charge is -2.36. The van der Waals surface area contributed by atoms with Crippen LogP contribution in [-0.2, 0) is 4.74 Å². The van der Waals surface area contributed by atoms with E-state index in [4.69, 9.17) is 4.74 Å². The number of hydrogen-bond acceptors (Lipinski definition) is 5. The number of nitrogens with zero attached hydrogens (tertiary/aromatic N) is 5. The molecule has 0 aromatic carbocycles. The van der Waals surface area contributed by atoms with Crippen molar-refractivity contribution >= 4 is 11.6 Å². The van der Waals surface area contributed by atoms with Crippen molar-refractivity contribution in [2.24, 2.45) is 0 Å². The smallest absolute Gasteiger partial charge is 0.410 e. The number of carbonyl (C=O) groups excluding carboxylic acids is 1. The molecule has 1 fully saturated rings. The molecule has 160 valence electrons. The fourth-order valence-electron chi connectivity index (χ4n) is 3.72. The van der Waals surface area contributed by atoms with E-state index < -0.39 is 5.60 Å². The second kappa shape index (κ2) is 7.75. The average molecular weight is 411 g/mol. The summed E-state index contributed by atoms with van der Waals surface area (Å²) in [6, 6.07) is 4.33. The molecule has 3 aromatic heterocycles. The summed E-state index contributed by atoms with van der Waals surface area (Å²) in [6.45, 7) is 11.9. The van der Waals surface area contributed by atoms with Crippen molar-refractivity contribution < 1.29 is 9.53 Å². The van der Waals surface area contributed by atoms with Gasteiger partial charge in [0.15, 0.2) is 0 Å². The zero-order valence-electron chi connectivity index (χ0n) is 18.3. The standard InChI is InChI=1S/C22H30N6O2/c1-15(2)27-14-17(10-24-27)16-6-7-19-18(11-25-28(19)13-16)20-12-23-8-9-26(20)21(29)30-22(3,4)5/h6-7,10-11,13-15,20,23H,8-9,12H2,1-5H3. The van der Waals surface area contributed by atoms with Crippen molar-refractivity contribution in [3.63, 3.8) is 0 Å². The third-order valence-corrected chi connectivity index (χ3v) is 5.24. The van der Waals surface area contributed by atoms with Gasteiger partial charge in [-0.1, -0.05) is 6.07 Å². The number of hydrogen-bond donors (Lipinski definition) is 1. The van der Waals surface area contributed by atoms with E-state index in [-0.39, 0.29) is 12.1 Å². The topological polar surface area (TPSA) is 76.7 Å². The number of nitrogens with one attached hydrogen (secondary N) is 1. The van der Waals surface area contributed by atoms with Gasteiger partial charge in [0.1, 0.15) is 5.60 Å². The van der Waals surface area contributed by atoms with Crippen LogP contribution >= 0.6 is 0 Å². The highest BCUT2D eigenvalue weighted by molar-refractivity contribution is 5.71. The molecule has 0 aliphatic carbocycles. The van der Waals surface area contributed by atoms with Gasteiger partial charge in [-0.25, -0.2) is 9.31 Å². The Balaban J connectivity index is 1.64. The van der Waals surface area contributed by atoms with E-state index >= 15 is 0 Å². The monoisotopic (exact) mass is 410 g/mol. The van der Waals surface area contributed by atoms with Crippen molar-refractivity contribution in [2.45, 2.75) is 52.3 Å². The highest BCUT2D eigenvalue weighted by Crippen LogP contribution is 2.29. The number of pyridine rings is 1. The summed E-state index contributed by atoms with van der Waals surface area (Å²) < 4.78 is 9.46. The SMILES string of the molecule is CC(C)n1cc(-c2ccc3c(C4CNCCN4C(=O)OC(C)(C)C)cnn3c2)cn1. The van der Waals surface area contributed by atoms with Crippen LogP contribution in [0.3, 0.4) is 0 Å².